The Bertz CT molecular complexity index is 492. The second kappa shape index (κ2) is 4.25. The molecule has 1 saturated carbocycles. The molecule has 17 heavy (non-hydrogen) atoms. The normalized spacial score (nSPS) is 17.0. The van der Waals surface area contributed by atoms with Gasteiger partial charge in [-0.05, 0) is 24.5 Å². The van der Waals surface area contributed by atoms with E-state index in [1.807, 2.05) is 18.3 Å². The first-order valence-corrected chi connectivity index (χ1v) is 5.79. The van der Waals surface area contributed by atoms with Crippen LogP contribution in [0.5, 0.6) is 0 Å². The van der Waals surface area contributed by atoms with Gasteiger partial charge in [0.05, 0.1) is 6.04 Å². The van der Waals surface area contributed by atoms with Gasteiger partial charge in [0.2, 0.25) is 5.89 Å². The lowest BCUT2D eigenvalue weighted by molar-refractivity contribution is 0.381. The Labute approximate surface area is 99.3 Å². The molecule has 0 saturated heterocycles. The molecule has 1 aliphatic rings. The average Bonchev–Trinajstić information content (AvgIpc) is 3.08. The first-order chi connectivity index (χ1) is 8.33. The van der Waals surface area contributed by atoms with Gasteiger partial charge >= 0.3 is 0 Å². The molecular formula is C12H14N4O. The maximum atomic E-state index is 5.05. The third-order valence-corrected chi connectivity index (χ3v) is 2.80. The fraction of sp³-hybridized carbons (Fsp3) is 0.417. The van der Waals surface area contributed by atoms with Crippen molar-refractivity contribution in [3.05, 3.63) is 41.8 Å². The second-order valence-electron chi connectivity index (χ2n) is 4.33. The summed E-state index contributed by atoms with van der Waals surface area (Å²) in [6, 6.07) is 4.50. The van der Waals surface area contributed by atoms with Crippen molar-refractivity contribution in [2.75, 3.05) is 0 Å². The zero-order chi connectivity index (χ0) is 11.7. The highest BCUT2D eigenvalue weighted by Crippen LogP contribution is 2.26. The predicted octanol–water partition coefficient (Wildman–Crippen LogP) is 1.61. The quantitative estimate of drug-likeness (QED) is 0.864. The van der Waals surface area contributed by atoms with Crippen LogP contribution in [0.1, 0.15) is 36.2 Å². The largest absolute Gasteiger partial charge is 0.340 e. The van der Waals surface area contributed by atoms with Gasteiger partial charge in [-0.25, -0.2) is 0 Å². The van der Waals surface area contributed by atoms with Crippen molar-refractivity contribution < 1.29 is 4.52 Å². The molecule has 0 bridgehead atoms. The van der Waals surface area contributed by atoms with Gasteiger partial charge in [0.1, 0.15) is 0 Å². The summed E-state index contributed by atoms with van der Waals surface area (Å²) in [5, 5.41) is 7.51. The number of rotatable bonds is 4. The molecular weight excluding hydrogens is 216 g/mol. The Hall–Kier alpha value is -1.75. The SMILES string of the molecule is Cc1nc(C(NC2CC2)c2cccnc2)no1. The third-order valence-electron chi connectivity index (χ3n) is 2.80. The van der Waals surface area contributed by atoms with Crippen molar-refractivity contribution in [1.82, 2.24) is 20.4 Å². The molecule has 1 unspecified atom stereocenters. The van der Waals surface area contributed by atoms with Crippen molar-refractivity contribution in [3.8, 4) is 0 Å². The Morgan fingerprint density at radius 1 is 1.47 bits per heavy atom. The molecule has 2 aromatic rings. The number of pyridine rings is 1. The predicted molar refractivity (Wildman–Crippen MR) is 61.3 cm³/mol. The molecule has 3 rings (SSSR count). The Kier molecular flexibility index (Phi) is 2.60. The van der Waals surface area contributed by atoms with Crippen molar-refractivity contribution >= 4 is 0 Å². The molecule has 5 nitrogen and oxygen atoms in total. The van der Waals surface area contributed by atoms with E-state index in [1.54, 1.807) is 13.1 Å². The number of nitrogens with zero attached hydrogens (tertiary/aromatic N) is 3. The van der Waals surface area contributed by atoms with Crippen LogP contribution < -0.4 is 5.32 Å². The first kappa shape index (κ1) is 10.4. The van der Waals surface area contributed by atoms with Gasteiger partial charge in [-0.1, -0.05) is 11.2 Å². The van der Waals surface area contributed by atoms with Crippen LogP contribution in [-0.2, 0) is 0 Å². The smallest absolute Gasteiger partial charge is 0.223 e. The van der Waals surface area contributed by atoms with E-state index >= 15 is 0 Å². The summed E-state index contributed by atoms with van der Waals surface area (Å²) >= 11 is 0. The Morgan fingerprint density at radius 3 is 2.94 bits per heavy atom. The molecule has 0 amide bonds. The van der Waals surface area contributed by atoms with E-state index in [0.717, 1.165) is 5.56 Å². The fourth-order valence-electron chi connectivity index (χ4n) is 1.78. The molecule has 2 heterocycles. The number of aryl methyl sites for hydroxylation is 1. The Balaban J connectivity index is 1.91. The molecule has 1 aliphatic carbocycles. The van der Waals surface area contributed by atoms with Crippen molar-refractivity contribution in [2.24, 2.45) is 0 Å². The summed E-state index contributed by atoms with van der Waals surface area (Å²) in [5.41, 5.74) is 1.07. The minimum Gasteiger partial charge on any atom is -0.340 e. The van der Waals surface area contributed by atoms with E-state index in [9.17, 15) is 0 Å². The molecule has 1 N–H and O–H groups in total. The summed E-state index contributed by atoms with van der Waals surface area (Å²) in [7, 11) is 0. The molecule has 1 atom stereocenters. The van der Waals surface area contributed by atoms with Gasteiger partial charge in [0.25, 0.3) is 0 Å². The molecule has 5 heteroatoms. The van der Waals surface area contributed by atoms with Gasteiger partial charge in [-0.3, -0.25) is 4.98 Å². The number of aromatic nitrogens is 3. The van der Waals surface area contributed by atoms with E-state index in [2.05, 4.69) is 20.4 Å². The van der Waals surface area contributed by atoms with E-state index in [1.165, 1.54) is 12.8 Å². The molecule has 88 valence electrons. The summed E-state index contributed by atoms with van der Waals surface area (Å²) < 4.78 is 5.05. The van der Waals surface area contributed by atoms with Crippen LogP contribution in [-0.4, -0.2) is 21.2 Å². The average molecular weight is 230 g/mol. The third kappa shape index (κ3) is 2.34. The van der Waals surface area contributed by atoms with Crippen LogP contribution in [0.25, 0.3) is 0 Å². The van der Waals surface area contributed by atoms with Gasteiger partial charge in [-0.2, -0.15) is 4.98 Å². The van der Waals surface area contributed by atoms with E-state index < -0.39 is 0 Å². The van der Waals surface area contributed by atoms with Crippen LogP contribution in [0.15, 0.2) is 29.0 Å². The van der Waals surface area contributed by atoms with Gasteiger partial charge < -0.3 is 9.84 Å². The highest BCUT2D eigenvalue weighted by Gasteiger charge is 2.28. The second-order valence-corrected chi connectivity index (χ2v) is 4.33. The molecule has 0 radical (unpaired) electrons. The molecule has 1 fully saturated rings. The Morgan fingerprint density at radius 2 is 2.35 bits per heavy atom. The highest BCUT2D eigenvalue weighted by molar-refractivity contribution is 5.21. The summed E-state index contributed by atoms with van der Waals surface area (Å²) in [6.45, 7) is 1.80. The van der Waals surface area contributed by atoms with E-state index in [4.69, 9.17) is 4.52 Å². The monoisotopic (exact) mass is 230 g/mol. The van der Waals surface area contributed by atoms with Crippen LogP contribution in [0, 0.1) is 6.92 Å². The molecule has 0 aliphatic heterocycles. The minimum atomic E-state index is -0.0198. The van der Waals surface area contributed by atoms with E-state index in [-0.39, 0.29) is 6.04 Å². The van der Waals surface area contributed by atoms with Crippen LogP contribution in [0.2, 0.25) is 0 Å². The maximum Gasteiger partial charge on any atom is 0.223 e. The maximum absolute atomic E-state index is 5.05. The summed E-state index contributed by atoms with van der Waals surface area (Å²) in [6.07, 6.45) is 6.03. The van der Waals surface area contributed by atoms with Crippen LogP contribution in [0.4, 0.5) is 0 Å². The molecule has 0 aromatic carbocycles. The topological polar surface area (TPSA) is 63.8 Å². The molecule has 2 aromatic heterocycles. The number of nitrogens with one attached hydrogen (secondary N) is 1. The van der Waals surface area contributed by atoms with Crippen molar-refractivity contribution in [3.63, 3.8) is 0 Å². The first-order valence-electron chi connectivity index (χ1n) is 5.79. The lowest BCUT2D eigenvalue weighted by Crippen LogP contribution is -2.25. The minimum absolute atomic E-state index is 0.0198. The molecule has 0 spiro atoms. The zero-order valence-corrected chi connectivity index (χ0v) is 9.63. The van der Waals surface area contributed by atoms with Crippen molar-refractivity contribution in [2.45, 2.75) is 31.8 Å². The number of hydrogen-bond donors (Lipinski definition) is 1. The lowest BCUT2D eigenvalue weighted by Gasteiger charge is -2.14. The summed E-state index contributed by atoms with van der Waals surface area (Å²) in [4.78, 5) is 8.44. The standard InChI is InChI=1S/C12H14N4O/c1-8-14-12(16-17-8)11(15-10-4-5-10)9-3-2-6-13-7-9/h2-3,6-7,10-11,15H,4-5H2,1H3. The van der Waals surface area contributed by atoms with Gasteiger partial charge in [0, 0.05) is 25.4 Å². The fourth-order valence-corrected chi connectivity index (χ4v) is 1.78. The zero-order valence-electron chi connectivity index (χ0n) is 9.63. The highest BCUT2D eigenvalue weighted by atomic mass is 16.5. The van der Waals surface area contributed by atoms with Crippen molar-refractivity contribution in [1.29, 1.82) is 0 Å². The lowest BCUT2D eigenvalue weighted by atomic mass is 10.1. The van der Waals surface area contributed by atoms with E-state index in [0.29, 0.717) is 17.8 Å². The van der Waals surface area contributed by atoms with Gasteiger partial charge in [0.15, 0.2) is 5.82 Å². The van der Waals surface area contributed by atoms with Crippen LogP contribution >= 0.6 is 0 Å². The van der Waals surface area contributed by atoms with Gasteiger partial charge in [-0.15, -0.1) is 0 Å². The van der Waals surface area contributed by atoms with Crippen LogP contribution in [0.3, 0.4) is 0 Å². The number of hydrogen-bond acceptors (Lipinski definition) is 5. The summed E-state index contributed by atoms with van der Waals surface area (Å²) in [5.74, 6) is 1.27.